The second-order valence-electron chi connectivity index (χ2n) is 5.13. The lowest BCUT2D eigenvalue weighted by Crippen LogP contribution is -2.21. The van der Waals surface area contributed by atoms with Crippen molar-refractivity contribution in [1.82, 2.24) is 24.6 Å². The van der Waals surface area contributed by atoms with Gasteiger partial charge in [0.2, 0.25) is 0 Å². The quantitative estimate of drug-likeness (QED) is 0.829. The Balaban J connectivity index is 1.97. The average Bonchev–Trinajstić information content (AvgIpc) is 2.98. The highest BCUT2D eigenvalue weighted by atomic mass is 15.3. The van der Waals surface area contributed by atoms with Crippen LogP contribution in [-0.4, -0.2) is 25.4 Å². The maximum Gasteiger partial charge on any atom is 0.146 e. The Labute approximate surface area is 114 Å². The molecule has 0 aliphatic rings. The van der Waals surface area contributed by atoms with Crippen molar-refractivity contribution in [1.29, 1.82) is 0 Å². The van der Waals surface area contributed by atoms with E-state index in [-0.39, 0.29) is 0 Å². The minimum Gasteiger partial charge on any atom is -0.346 e. The molecule has 0 spiro atoms. The van der Waals surface area contributed by atoms with Crippen molar-refractivity contribution in [3.8, 4) is 0 Å². The molecule has 0 atom stereocenters. The molecule has 0 fully saturated rings. The third-order valence-corrected chi connectivity index (χ3v) is 2.98. The summed E-state index contributed by atoms with van der Waals surface area (Å²) in [6.45, 7) is 9.08. The summed E-state index contributed by atoms with van der Waals surface area (Å²) in [4.78, 5) is 4.33. The van der Waals surface area contributed by atoms with Crippen molar-refractivity contribution in [2.24, 2.45) is 0 Å². The van der Waals surface area contributed by atoms with E-state index in [9.17, 15) is 0 Å². The molecule has 5 nitrogen and oxygen atoms in total. The number of aryl methyl sites for hydroxylation is 1. The van der Waals surface area contributed by atoms with Crippen LogP contribution in [0.25, 0.3) is 0 Å². The van der Waals surface area contributed by atoms with Crippen LogP contribution in [0, 0.1) is 0 Å². The Morgan fingerprint density at radius 3 is 2.95 bits per heavy atom. The Morgan fingerprint density at radius 2 is 2.21 bits per heavy atom. The second-order valence-corrected chi connectivity index (χ2v) is 5.13. The number of rotatable bonds is 7. The largest absolute Gasteiger partial charge is 0.346 e. The summed E-state index contributed by atoms with van der Waals surface area (Å²) >= 11 is 0. The topological polar surface area (TPSA) is 47.7 Å². The van der Waals surface area contributed by atoms with Gasteiger partial charge in [0, 0.05) is 31.5 Å². The SMILES string of the molecule is CCCn1ncnc1Cn1ccc(CNC(C)C)c1. The summed E-state index contributed by atoms with van der Waals surface area (Å²) in [6.07, 6.45) is 6.98. The minimum absolute atomic E-state index is 0.510. The van der Waals surface area contributed by atoms with Crippen LogP contribution in [0.3, 0.4) is 0 Å². The summed E-state index contributed by atoms with van der Waals surface area (Å²) in [7, 11) is 0. The number of hydrogen-bond acceptors (Lipinski definition) is 3. The molecule has 1 N–H and O–H groups in total. The van der Waals surface area contributed by atoms with Gasteiger partial charge in [-0.15, -0.1) is 0 Å². The zero-order valence-electron chi connectivity index (χ0n) is 12.0. The highest BCUT2D eigenvalue weighted by Crippen LogP contribution is 2.05. The third kappa shape index (κ3) is 3.92. The van der Waals surface area contributed by atoms with E-state index in [1.807, 2.05) is 4.68 Å². The van der Waals surface area contributed by atoms with Crippen molar-refractivity contribution in [3.63, 3.8) is 0 Å². The summed E-state index contributed by atoms with van der Waals surface area (Å²) in [5.74, 6) is 1.01. The molecule has 0 saturated heterocycles. The van der Waals surface area contributed by atoms with E-state index in [1.165, 1.54) is 5.56 Å². The van der Waals surface area contributed by atoms with Gasteiger partial charge in [0.05, 0.1) is 6.54 Å². The fourth-order valence-corrected chi connectivity index (χ4v) is 1.99. The van der Waals surface area contributed by atoms with Crippen LogP contribution in [-0.2, 0) is 19.6 Å². The van der Waals surface area contributed by atoms with Gasteiger partial charge in [-0.05, 0) is 18.1 Å². The fourth-order valence-electron chi connectivity index (χ4n) is 1.99. The summed E-state index contributed by atoms with van der Waals surface area (Å²) < 4.78 is 4.14. The first kappa shape index (κ1) is 13.8. The molecule has 0 bridgehead atoms. The van der Waals surface area contributed by atoms with E-state index in [2.05, 4.69) is 59.2 Å². The lowest BCUT2D eigenvalue weighted by atomic mass is 10.3. The Kier molecular flexibility index (Phi) is 4.74. The molecule has 0 aliphatic carbocycles. The molecule has 0 saturated carbocycles. The molecule has 0 amide bonds. The standard InChI is InChI=1S/C14H23N5/c1-4-6-19-14(16-11-17-19)10-18-7-5-13(9-18)8-15-12(2)3/h5,7,9,11-12,15H,4,6,8,10H2,1-3H3. The van der Waals surface area contributed by atoms with Crippen LogP contribution in [0.15, 0.2) is 24.8 Å². The average molecular weight is 261 g/mol. The summed E-state index contributed by atoms with van der Waals surface area (Å²) in [5.41, 5.74) is 1.30. The first-order valence-corrected chi connectivity index (χ1v) is 6.93. The molecule has 2 rings (SSSR count). The van der Waals surface area contributed by atoms with Crippen LogP contribution >= 0.6 is 0 Å². The monoisotopic (exact) mass is 261 g/mol. The lowest BCUT2D eigenvalue weighted by Gasteiger charge is -2.06. The van der Waals surface area contributed by atoms with E-state index >= 15 is 0 Å². The first-order chi connectivity index (χ1) is 9.19. The summed E-state index contributed by atoms with van der Waals surface area (Å²) in [6, 6.07) is 2.66. The van der Waals surface area contributed by atoms with Gasteiger partial charge >= 0.3 is 0 Å². The van der Waals surface area contributed by atoms with E-state index in [4.69, 9.17) is 0 Å². The van der Waals surface area contributed by atoms with Crippen molar-refractivity contribution in [2.75, 3.05) is 0 Å². The van der Waals surface area contributed by atoms with Gasteiger partial charge in [0.15, 0.2) is 0 Å². The van der Waals surface area contributed by atoms with Crippen LogP contribution in [0.2, 0.25) is 0 Å². The maximum atomic E-state index is 4.33. The fraction of sp³-hybridized carbons (Fsp3) is 0.571. The van der Waals surface area contributed by atoms with Gasteiger partial charge in [-0.2, -0.15) is 5.10 Å². The molecule has 104 valence electrons. The van der Waals surface area contributed by atoms with Crippen LogP contribution in [0.5, 0.6) is 0 Å². The summed E-state index contributed by atoms with van der Waals surface area (Å²) in [5, 5.41) is 7.67. The Bertz CT molecular complexity index is 497. The van der Waals surface area contributed by atoms with Crippen molar-refractivity contribution < 1.29 is 0 Å². The van der Waals surface area contributed by atoms with Crippen molar-refractivity contribution in [2.45, 2.75) is 52.9 Å². The molecular formula is C14H23N5. The molecule has 2 heterocycles. The van der Waals surface area contributed by atoms with Crippen LogP contribution in [0.4, 0.5) is 0 Å². The number of nitrogens with zero attached hydrogens (tertiary/aromatic N) is 4. The maximum absolute atomic E-state index is 4.33. The first-order valence-electron chi connectivity index (χ1n) is 6.93. The molecule has 0 unspecified atom stereocenters. The molecule has 0 aromatic carbocycles. The predicted molar refractivity (Wildman–Crippen MR) is 75.8 cm³/mol. The van der Waals surface area contributed by atoms with E-state index in [1.54, 1.807) is 6.33 Å². The number of aromatic nitrogens is 4. The lowest BCUT2D eigenvalue weighted by molar-refractivity contribution is 0.553. The van der Waals surface area contributed by atoms with E-state index in [0.29, 0.717) is 6.04 Å². The van der Waals surface area contributed by atoms with Gasteiger partial charge < -0.3 is 9.88 Å². The Hall–Kier alpha value is -1.62. The van der Waals surface area contributed by atoms with E-state index < -0.39 is 0 Å². The van der Waals surface area contributed by atoms with Crippen LogP contribution in [0.1, 0.15) is 38.6 Å². The highest BCUT2D eigenvalue weighted by Gasteiger charge is 2.05. The predicted octanol–water partition coefficient (Wildman–Crippen LogP) is 2.04. The molecule has 2 aromatic heterocycles. The molecule has 0 radical (unpaired) electrons. The molecule has 0 aliphatic heterocycles. The minimum atomic E-state index is 0.510. The molecule has 2 aromatic rings. The number of hydrogen-bond donors (Lipinski definition) is 1. The zero-order chi connectivity index (χ0) is 13.7. The van der Waals surface area contributed by atoms with Crippen LogP contribution < -0.4 is 5.32 Å². The molecule has 5 heteroatoms. The zero-order valence-corrected chi connectivity index (χ0v) is 12.0. The van der Waals surface area contributed by atoms with Crippen molar-refractivity contribution in [3.05, 3.63) is 36.2 Å². The number of nitrogens with one attached hydrogen (secondary N) is 1. The Morgan fingerprint density at radius 1 is 1.37 bits per heavy atom. The highest BCUT2D eigenvalue weighted by molar-refractivity contribution is 5.11. The second kappa shape index (κ2) is 6.52. The van der Waals surface area contributed by atoms with Gasteiger partial charge in [-0.1, -0.05) is 20.8 Å². The third-order valence-electron chi connectivity index (χ3n) is 2.98. The smallest absolute Gasteiger partial charge is 0.146 e. The normalized spacial score (nSPS) is 11.4. The van der Waals surface area contributed by atoms with E-state index in [0.717, 1.165) is 31.9 Å². The molecular weight excluding hydrogens is 238 g/mol. The van der Waals surface area contributed by atoms with Gasteiger partial charge in [-0.3, -0.25) is 0 Å². The molecule has 19 heavy (non-hydrogen) atoms. The van der Waals surface area contributed by atoms with Gasteiger partial charge in [0.1, 0.15) is 12.2 Å². The van der Waals surface area contributed by atoms with Gasteiger partial charge in [-0.25, -0.2) is 9.67 Å². The van der Waals surface area contributed by atoms with Crippen molar-refractivity contribution >= 4 is 0 Å². The van der Waals surface area contributed by atoms with Gasteiger partial charge in [0.25, 0.3) is 0 Å².